The molecule has 0 aromatic heterocycles. The standard InChI is InChI=1S/C32H26F4N2O5/c1-42-30(40)25-22(17-7-4-3-5-8-17)16-23-26(28(25)39)24(18-11-13-20(33)14-12-18)27(31(41)43-2)29(37)38(23)21-10-6-9-19(15-21)32(34,35)36/h3-15,22,24-25H,16,37H2,1-2H3. The Morgan fingerprint density at radius 1 is 0.907 bits per heavy atom. The molecule has 0 radical (unpaired) electrons. The lowest BCUT2D eigenvalue weighted by Crippen LogP contribution is -2.46. The van der Waals surface area contributed by atoms with Crippen LogP contribution in [0.4, 0.5) is 23.2 Å². The van der Waals surface area contributed by atoms with Gasteiger partial charge < -0.3 is 15.2 Å². The van der Waals surface area contributed by atoms with Crippen molar-refractivity contribution in [2.45, 2.75) is 24.4 Å². The highest BCUT2D eigenvalue weighted by Crippen LogP contribution is 2.51. The number of methoxy groups -OCH3 is 2. The van der Waals surface area contributed by atoms with Crippen molar-refractivity contribution < 1.29 is 41.4 Å². The predicted octanol–water partition coefficient (Wildman–Crippen LogP) is 5.59. The summed E-state index contributed by atoms with van der Waals surface area (Å²) < 4.78 is 65.4. The number of rotatable bonds is 5. The molecule has 0 amide bonds. The van der Waals surface area contributed by atoms with E-state index in [9.17, 15) is 31.9 Å². The molecule has 1 aliphatic carbocycles. The number of alkyl halides is 3. The fourth-order valence-corrected chi connectivity index (χ4v) is 5.85. The molecule has 5 rings (SSSR count). The third kappa shape index (κ3) is 5.26. The van der Waals surface area contributed by atoms with Gasteiger partial charge in [0.15, 0.2) is 5.78 Å². The molecule has 1 aliphatic heterocycles. The molecule has 3 aromatic rings. The Kier molecular flexibility index (Phi) is 7.83. The number of allylic oxidation sites excluding steroid dienone is 2. The molecule has 0 saturated heterocycles. The van der Waals surface area contributed by atoms with Crippen LogP contribution in [0, 0.1) is 11.7 Å². The van der Waals surface area contributed by atoms with Gasteiger partial charge >= 0.3 is 18.1 Å². The lowest BCUT2D eigenvalue weighted by atomic mass is 9.67. The average Bonchev–Trinajstić information content (AvgIpc) is 3.00. The van der Waals surface area contributed by atoms with E-state index in [2.05, 4.69) is 0 Å². The summed E-state index contributed by atoms with van der Waals surface area (Å²) >= 11 is 0. The number of hydrogen-bond donors (Lipinski definition) is 1. The van der Waals surface area contributed by atoms with E-state index in [0.717, 1.165) is 38.5 Å². The van der Waals surface area contributed by atoms with Crippen LogP contribution in [0.25, 0.3) is 0 Å². The molecule has 222 valence electrons. The highest BCUT2D eigenvalue weighted by Gasteiger charge is 2.51. The van der Waals surface area contributed by atoms with E-state index in [-0.39, 0.29) is 40.3 Å². The normalized spacial score (nSPS) is 20.6. The number of carbonyl (C=O) groups is 3. The minimum Gasteiger partial charge on any atom is -0.468 e. The molecule has 2 aliphatic rings. The molecule has 3 unspecified atom stereocenters. The maximum Gasteiger partial charge on any atom is 0.416 e. The quantitative estimate of drug-likeness (QED) is 0.234. The van der Waals surface area contributed by atoms with E-state index in [1.54, 1.807) is 30.3 Å². The van der Waals surface area contributed by atoms with Gasteiger partial charge in [-0.25, -0.2) is 9.18 Å². The number of ketones is 1. The number of halogens is 4. The number of carbonyl (C=O) groups excluding carboxylic acids is 3. The molecule has 0 fully saturated rings. The van der Waals surface area contributed by atoms with Gasteiger partial charge in [-0.1, -0.05) is 48.5 Å². The third-order valence-electron chi connectivity index (χ3n) is 7.76. The van der Waals surface area contributed by atoms with Crippen LogP contribution >= 0.6 is 0 Å². The molecule has 0 spiro atoms. The van der Waals surface area contributed by atoms with Crippen molar-refractivity contribution in [1.82, 2.24) is 0 Å². The van der Waals surface area contributed by atoms with Crippen molar-refractivity contribution >= 4 is 23.4 Å². The predicted molar refractivity (Wildman–Crippen MR) is 148 cm³/mol. The van der Waals surface area contributed by atoms with Gasteiger partial charge in [-0.2, -0.15) is 13.2 Å². The fraction of sp³-hybridized carbons (Fsp3) is 0.219. The lowest BCUT2D eigenvalue weighted by molar-refractivity contribution is -0.150. The topological polar surface area (TPSA) is 98.9 Å². The molecule has 11 heteroatoms. The molecule has 3 atom stereocenters. The second-order valence-corrected chi connectivity index (χ2v) is 10.1. The van der Waals surface area contributed by atoms with Crippen LogP contribution in [-0.4, -0.2) is 31.9 Å². The van der Waals surface area contributed by atoms with Gasteiger partial charge in [0.05, 0.1) is 31.3 Å². The smallest absolute Gasteiger partial charge is 0.416 e. The molecule has 43 heavy (non-hydrogen) atoms. The summed E-state index contributed by atoms with van der Waals surface area (Å²) in [5, 5.41) is 0. The van der Waals surface area contributed by atoms with Crippen molar-refractivity contribution in [1.29, 1.82) is 0 Å². The Balaban J connectivity index is 1.84. The number of nitrogens with zero attached hydrogens (tertiary/aromatic N) is 1. The summed E-state index contributed by atoms with van der Waals surface area (Å²) in [6.07, 6.45) is -4.73. The van der Waals surface area contributed by atoms with Gasteiger partial charge in [0.1, 0.15) is 17.6 Å². The zero-order valence-corrected chi connectivity index (χ0v) is 23.0. The number of benzene rings is 3. The Bertz CT molecular complexity index is 1650. The van der Waals surface area contributed by atoms with Crippen molar-refractivity contribution in [2.24, 2.45) is 11.7 Å². The van der Waals surface area contributed by atoms with Gasteiger partial charge in [-0.05, 0) is 47.9 Å². The van der Waals surface area contributed by atoms with Crippen LogP contribution < -0.4 is 10.6 Å². The van der Waals surface area contributed by atoms with E-state index in [1.165, 1.54) is 29.2 Å². The number of esters is 2. The first-order valence-corrected chi connectivity index (χ1v) is 13.2. The molecular formula is C32H26F4N2O5. The van der Waals surface area contributed by atoms with Crippen LogP contribution in [0.15, 0.2) is 102 Å². The van der Waals surface area contributed by atoms with Gasteiger partial charge in [-0.15, -0.1) is 0 Å². The lowest BCUT2D eigenvalue weighted by Gasteiger charge is -2.44. The van der Waals surface area contributed by atoms with Crippen molar-refractivity contribution in [3.63, 3.8) is 0 Å². The second kappa shape index (κ2) is 11.4. The van der Waals surface area contributed by atoms with E-state index in [4.69, 9.17) is 15.2 Å². The van der Waals surface area contributed by atoms with Crippen LogP contribution in [0.1, 0.15) is 34.9 Å². The van der Waals surface area contributed by atoms with Crippen LogP contribution in [0.5, 0.6) is 0 Å². The molecule has 7 nitrogen and oxygen atoms in total. The molecule has 1 heterocycles. The van der Waals surface area contributed by atoms with E-state index < -0.39 is 53.0 Å². The number of anilines is 1. The summed E-state index contributed by atoms with van der Waals surface area (Å²) in [5.41, 5.74) is 6.37. The first kappa shape index (κ1) is 29.6. The molecular weight excluding hydrogens is 568 g/mol. The van der Waals surface area contributed by atoms with Crippen LogP contribution in [-0.2, 0) is 30.0 Å². The van der Waals surface area contributed by atoms with Crippen molar-refractivity contribution in [3.8, 4) is 0 Å². The fourth-order valence-electron chi connectivity index (χ4n) is 5.85. The minimum atomic E-state index is -4.70. The SMILES string of the molecule is COC(=O)C1=C(N)N(c2cccc(C(F)(F)F)c2)C2=C(C(=O)C(C(=O)OC)C(c3ccccc3)C2)C1c1ccc(F)cc1. The first-order valence-electron chi connectivity index (χ1n) is 13.2. The van der Waals surface area contributed by atoms with Gasteiger partial charge in [0.2, 0.25) is 0 Å². The Labute approximate surface area is 244 Å². The first-order chi connectivity index (χ1) is 20.5. The maximum absolute atomic E-state index is 14.5. The number of Topliss-reactive ketones (excluding diaryl/α,β-unsaturated/α-hetero) is 1. The Hall–Kier alpha value is -4.93. The van der Waals surface area contributed by atoms with Gasteiger partial charge in [0, 0.05) is 22.9 Å². The zero-order valence-electron chi connectivity index (χ0n) is 23.0. The Morgan fingerprint density at radius 2 is 1.58 bits per heavy atom. The van der Waals surface area contributed by atoms with E-state index >= 15 is 0 Å². The molecule has 0 saturated carbocycles. The van der Waals surface area contributed by atoms with Crippen LogP contribution in [0.2, 0.25) is 0 Å². The van der Waals surface area contributed by atoms with E-state index in [0.29, 0.717) is 5.56 Å². The minimum absolute atomic E-state index is 0.0338. The van der Waals surface area contributed by atoms with Gasteiger partial charge in [-0.3, -0.25) is 14.5 Å². The highest BCUT2D eigenvalue weighted by atomic mass is 19.4. The summed E-state index contributed by atoms with van der Waals surface area (Å²) in [7, 11) is 2.24. The number of nitrogens with two attached hydrogens (primary N) is 1. The average molecular weight is 595 g/mol. The van der Waals surface area contributed by atoms with Crippen molar-refractivity contribution in [3.05, 3.63) is 124 Å². The number of hydrogen-bond acceptors (Lipinski definition) is 7. The largest absolute Gasteiger partial charge is 0.468 e. The zero-order chi connectivity index (χ0) is 31.1. The second-order valence-electron chi connectivity index (χ2n) is 10.1. The summed E-state index contributed by atoms with van der Waals surface area (Å²) in [5.74, 6) is -6.69. The highest BCUT2D eigenvalue weighted by molar-refractivity contribution is 6.14. The van der Waals surface area contributed by atoms with Crippen LogP contribution in [0.3, 0.4) is 0 Å². The molecule has 2 N–H and O–H groups in total. The number of ether oxygens (including phenoxy) is 2. The molecule has 3 aromatic carbocycles. The summed E-state index contributed by atoms with van der Waals surface area (Å²) in [6.45, 7) is 0. The third-order valence-corrected chi connectivity index (χ3v) is 7.76. The molecule has 0 bridgehead atoms. The van der Waals surface area contributed by atoms with E-state index in [1.807, 2.05) is 0 Å². The van der Waals surface area contributed by atoms with Gasteiger partial charge in [0.25, 0.3) is 0 Å². The summed E-state index contributed by atoms with van der Waals surface area (Å²) in [6, 6.07) is 18.0. The summed E-state index contributed by atoms with van der Waals surface area (Å²) in [4.78, 5) is 42.2. The Morgan fingerprint density at radius 3 is 2.19 bits per heavy atom. The maximum atomic E-state index is 14.5. The monoisotopic (exact) mass is 594 g/mol. The van der Waals surface area contributed by atoms with Crippen molar-refractivity contribution in [2.75, 3.05) is 19.1 Å².